The molecular weight excluding hydrogens is 548 g/mol. The summed E-state index contributed by atoms with van der Waals surface area (Å²) in [5.41, 5.74) is 5.45. The second-order valence-electron chi connectivity index (χ2n) is 12.1. The van der Waals surface area contributed by atoms with Gasteiger partial charge in [0.15, 0.2) is 0 Å². The van der Waals surface area contributed by atoms with Crippen molar-refractivity contribution < 1.29 is 4.74 Å². The van der Waals surface area contributed by atoms with E-state index in [1.807, 2.05) is 6.07 Å². The topological polar surface area (TPSA) is 84.3 Å². The molecule has 1 atom stereocenters. The Morgan fingerprint density at radius 1 is 1.05 bits per heavy atom. The molecule has 2 aliphatic rings. The van der Waals surface area contributed by atoms with Gasteiger partial charge >= 0.3 is 0 Å². The molecule has 4 heterocycles. The summed E-state index contributed by atoms with van der Waals surface area (Å²) < 4.78 is 6.96. The highest BCUT2D eigenvalue weighted by Gasteiger charge is 2.19. The van der Waals surface area contributed by atoms with Crippen LogP contribution in [-0.4, -0.2) is 66.4 Å². The zero-order chi connectivity index (χ0) is 30.3. The van der Waals surface area contributed by atoms with Gasteiger partial charge in [-0.15, -0.1) is 0 Å². The first-order chi connectivity index (χ1) is 21.6. The van der Waals surface area contributed by atoms with E-state index < -0.39 is 0 Å². The van der Waals surface area contributed by atoms with E-state index in [0.29, 0.717) is 42.1 Å². The van der Waals surface area contributed by atoms with Crippen molar-refractivity contribution in [2.24, 2.45) is 5.92 Å². The quantitative estimate of drug-likeness (QED) is 0.282. The maximum absolute atomic E-state index is 13.9. The average Bonchev–Trinajstić information content (AvgIpc) is 3.06. The Bertz CT molecular complexity index is 1680. The van der Waals surface area contributed by atoms with Crippen LogP contribution in [0.25, 0.3) is 11.0 Å². The highest BCUT2D eigenvalue weighted by atomic mass is 16.5. The highest BCUT2D eigenvalue weighted by Crippen LogP contribution is 2.28. The monoisotopic (exact) mass is 590 g/mol. The van der Waals surface area contributed by atoms with Gasteiger partial charge in [-0.05, 0) is 99.6 Å². The van der Waals surface area contributed by atoms with Gasteiger partial charge in [-0.25, -0.2) is 4.98 Å². The number of hydrogen-bond donors (Lipinski definition) is 2. The third-order valence-corrected chi connectivity index (χ3v) is 8.80. The summed E-state index contributed by atoms with van der Waals surface area (Å²) in [6.07, 6.45) is 7.10. The van der Waals surface area contributed by atoms with E-state index in [9.17, 15) is 4.79 Å². The Hall–Kier alpha value is -4.03. The molecule has 0 aliphatic carbocycles. The van der Waals surface area contributed by atoms with Crippen molar-refractivity contribution in [1.29, 1.82) is 0 Å². The number of likely N-dealkylation sites (N-methyl/N-ethyl adjacent to an activating group) is 1. The summed E-state index contributed by atoms with van der Waals surface area (Å²) in [6, 6.07) is 18.8. The van der Waals surface area contributed by atoms with Crippen LogP contribution in [0.5, 0.6) is 0 Å². The molecular formula is C36H42N6O2. The fourth-order valence-corrected chi connectivity index (χ4v) is 6.22. The van der Waals surface area contributed by atoms with E-state index >= 15 is 0 Å². The zero-order valence-electron chi connectivity index (χ0n) is 25.8. The second-order valence-corrected chi connectivity index (χ2v) is 12.1. The fraction of sp³-hybridized carbons (Fsp3) is 0.417. The van der Waals surface area contributed by atoms with Crippen molar-refractivity contribution in [3.63, 3.8) is 0 Å². The molecule has 2 aliphatic heterocycles. The van der Waals surface area contributed by atoms with Crippen LogP contribution in [0.15, 0.2) is 65.6 Å². The average molecular weight is 591 g/mol. The summed E-state index contributed by atoms with van der Waals surface area (Å²) in [6.45, 7) is 5.26. The molecule has 2 saturated heterocycles. The van der Waals surface area contributed by atoms with Gasteiger partial charge in [-0.2, -0.15) is 4.98 Å². The molecule has 2 aromatic carbocycles. The number of fused-ring (bicyclic) bond motifs is 1. The number of piperidine rings is 2. The number of hydrogen-bond acceptors (Lipinski definition) is 7. The zero-order valence-corrected chi connectivity index (χ0v) is 25.8. The SMILES string of the molecule is COCCc1ccc(Cn2c(=O)c(C#CC3CCNCC3)cc3cnc(Nc4ccc(C5CCCN(C)C5)cc4)nc32)cc1. The Labute approximate surface area is 259 Å². The molecule has 4 aromatic rings. The molecule has 0 radical (unpaired) electrons. The maximum atomic E-state index is 13.9. The molecule has 228 valence electrons. The van der Waals surface area contributed by atoms with Gasteiger partial charge in [0.25, 0.3) is 5.56 Å². The van der Waals surface area contributed by atoms with E-state index in [2.05, 4.69) is 87.9 Å². The van der Waals surface area contributed by atoms with Gasteiger partial charge in [-0.3, -0.25) is 9.36 Å². The minimum atomic E-state index is -0.131. The van der Waals surface area contributed by atoms with Gasteiger partial charge in [0.1, 0.15) is 5.65 Å². The van der Waals surface area contributed by atoms with Crippen LogP contribution in [0, 0.1) is 17.8 Å². The van der Waals surface area contributed by atoms with Crippen LogP contribution in [0.2, 0.25) is 0 Å². The lowest BCUT2D eigenvalue weighted by Gasteiger charge is -2.30. The summed E-state index contributed by atoms with van der Waals surface area (Å²) in [7, 11) is 3.91. The second kappa shape index (κ2) is 14.2. The first kappa shape index (κ1) is 30.0. The smallest absolute Gasteiger partial charge is 0.268 e. The van der Waals surface area contributed by atoms with Gasteiger partial charge in [0.2, 0.25) is 5.95 Å². The third kappa shape index (κ3) is 7.36. The first-order valence-electron chi connectivity index (χ1n) is 15.8. The Morgan fingerprint density at radius 3 is 2.57 bits per heavy atom. The van der Waals surface area contributed by atoms with E-state index in [-0.39, 0.29) is 5.56 Å². The van der Waals surface area contributed by atoms with Crippen LogP contribution in [0.3, 0.4) is 0 Å². The van der Waals surface area contributed by atoms with E-state index in [1.54, 1.807) is 17.9 Å². The molecule has 0 spiro atoms. The lowest BCUT2D eigenvalue weighted by molar-refractivity contribution is 0.202. The van der Waals surface area contributed by atoms with Crippen molar-refractivity contribution in [2.75, 3.05) is 52.3 Å². The maximum Gasteiger partial charge on any atom is 0.268 e. The van der Waals surface area contributed by atoms with Crippen molar-refractivity contribution in [3.05, 3.63) is 93.4 Å². The predicted molar refractivity (Wildman–Crippen MR) is 177 cm³/mol. The molecule has 1 unspecified atom stereocenters. The molecule has 2 N–H and O–H groups in total. The van der Waals surface area contributed by atoms with Crippen molar-refractivity contribution >= 4 is 22.7 Å². The molecule has 6 rings (SSSR count). The molecule has 0 amide bonds. The van der Waals surface area contributed by atoms with Crippen molar-refractivity contribution in [2.45, 2.75) is 44.6 Å². The largest absolute Gasteiger partial charge is 0.384 e. The summed E-state index contributed by atoms with van der Waals surface area (Å²) in [5, 5.41) is 7.53. The molecule has 8 nitrogen and oxygen atoms in total. The van der Waals surface area contributed by atoms with Crippen LogP contribution in [0.1, 0.15) is 53.9 Å². The Balaban J connectivity index is 1.30. The molecule has 8 heteroatoms. The molecule has 0 bridgehead atoms. The number of benzene rings is 2. The molecule has 2 aromatic heterocycles. The van der Waals surface area contributed by atoms with Gasteiger partial charge in [0.05, 0.1) is 18.7 Å². The van der Waals surface area contributed by atoms with E-state index in [0.717, 1.165) is 55.5 Å². The number of rotatable bonds is 8. The molecule has 0 saturated carbocycles. The van der Waals surface area contributed by atoms with Crippen LogP contribution in [-0.2, 0) is 17.7 Å². The number of aromatic nitrogens is 3. The van der Waals surface area contributed by atoms with Crippen molar-refractivity contribution in [1.82, 2.24) is 24.8 Å². The number of nitrogens with zero attached hydrogens (tertiary/aromatic N) is 4. The number of likely N-dealkylation sites (tertiary alicyclic amines) is 1. The van der Waals surface area contributed by atoms with Crippen molar-refractivity contribution in [3.8, 4) is 11.8 Å². The normalized spacial score (nSPS) is 17.7. The first-order valence-corrected chi connectivity index (χ1v) is 15.8. The Kier molecular flexibility index (Phi) is 9.67. The van der Waals surface area contributed by atoms with Gasteiger partial charge in [-0.1, -0.05) is 48.2 Å². The standard InChI is InChI=1S/C36H42N6O2/c1-41-20-3-4-31(25-41)29-11-13-33(14-12-29)39-36-38-23-32-22-30(10-9-27-15-18-37-19-16-27)35(43)42(34(32)40-36)24-28-7-5-26(6-8-28)17-21-44-2/h5-8,11-14,22-23,27,31,37H,3-4,15-21,24-25H2,1-2H3,(H,38,39,40). The minimum absolute atomic E-state index is 0.131. The fourth-order valence-electron chi connectivity index (χ4n) is 6.22. The van der Waals surface area contributed by atoms with Gasteiger partial charge in [0, 0.05) is 36.8 Å². The predicted octanol–water partition coefficient (Wildman–Crippen LogP) is 4.93. The number of ether oxygens (including phenoxy) is 1. The summed E-state index contributed by atoms with van der Waals surface area (Å²) in [5.74, 6) is 7.91. The third-order valence-electron chi connectivity index (χ3n) is 8.80. The molecule has 2 fully saturated rings. The summed E-state index contributed by atoms with van der Waals surface area (Å²) in [4.78, 5) is 25.8. The number of methoxy groups -OCH3 is 1. The lowest BCUT2D eigenvalue weighted by atomic mass is 9.91. The van der Waals surface area contributed by atoms with Crippen LogP contribution in [0.4, 0.5) is 11.6 Å². The van der Waals surface area contributed by atoms with E-state index in [4.69, 9.17) is 9.72 Å². The minimum Gasteiger partial charge on any atom is -0.384 e. The lowest BCUT2D eigenvalue weighted by Crippen LogP contribution is -2.30. The summed E-state index contributed by atoms with van der Waals surface area (Å²) >= 11 is 0. The number of nitrogens with one attached hydrogen (secondary N) is 2. The molecule has 44 heavy (non-hydrogen) atoms. The number of anilines is 2. The van der Waals surface area contributed by atoms with Gasteiger partial charge < -0.3 is 20.3 Å². The van der Waals surface area contributed by atoms with Crippen LogP contribution >= 0.6 is 0 Å². The van der Waals surface area contributed by atoms with Crippen LogP contribution < -0.4 is 16.2 Å². The highest BCUT2D eigenvalue weighted by molar-refractivity contribution is 5.77. The number of pyridine rings is 1. The van der Waals surface area contributed by atoms with E-state index in [1.165, 1.54) is 30.5 Å². The Morgan fingerprint density at radius 2 is 1.82 bits per heavy atom.